The van der Waals surface area contributed by atoms with Crippen LogP contribution in [0.3, 0.4) is 0 Å². The Morgan fingerprint density at radius 3 is 2.79 bits per heavy atom. The van der Waals surface area contributed by atoms with Crippen molar-refractivity contribution in [2.45, 2.75) is 0 Å². The third kappa shape index (κ3) is 2.67. The van der Waals surface area contributed by atoms with Crippen molar-refractivity contribution < 1.29 is 0 Å². The number of allylic oxidation sites excluding steroid dienone is 7. The summed E-state index contributed by atoms with van der Waals surface area (Å²) < 4.78 is 1.75. The van der Waals surface area contributed by atoms with Crippen molar-refractivity contribution in [3.05, 3.63) is 45.6 Å². The van der Waals surface area contributed by atoms with Crippen LogP contribution in [0.5, 0.6) is 0 Å². The molecule has 0 bridgehead atoms. The highest BCUT2D eigenvalue weighted by Gasteiger charge is 2.03. The largest absolute Gasteiger partial charge is 0.288 e. The van der Waals surface area contributed by atoms with Gasteiger partial charge in [0.25, 0.3) is 0 Å². The Hall–Kier alpha value is -1.15. The van der Waals surface area contributed by atoms with E-state index in [1.807, 2.05) is 30.4 Å². The molecule has 1 rings (SSSR count). The first-order valence-electron chi connectivity index (χ1n) is 4.06. The van der Waals surface area contributed by atoms with E-state index in [1.165, 1.54) is 0 Å². The molecule has 0 aromatic rings. The third-order valence-electron chi connectivity index (χ3n) is 1.74. The summed E-state index contributed by atoms with van der Waals surface area (Å²) in [4.78, 5) is 4.12. The van der Waals surface area contributed by atoms with Gasteiger partial charge in [-0.1, -0.05) is 40.8 Å². The van der Waals surface area contributed by atoms with E-state index < -0.39 is 0 Å². The Labute approximate surface area is 97.2 Å². The van der Waals surface area contributed by atoms with Crippen LogP contribution in [0, 0.1) is 11.3 Å². The monoisotopic (exact) mass is 296 g/mol. The molecular formula is C11H9IN2. The highest BCUT2D eigenvalue weighted by atomic mass is 127. The maximum Gasteiger partial charge on any atom is 0.0996 e. The first kappa shape index (κ1) is 10.9. The van der Waals surface area contributed by atoms with Crippen LogP contribution in [0.2, 0.25) is 0 Å². The number of aliphatic imine (C=N–C) groups is 1. The molecule has 0 saturated carbocycles. The number of hydrogen-bond acceptors (Lipinski definition) is 2. The van der Waals surface area contributed by atoms with Crippen molar-refractivity contribution in [3.63, 3.8) is 0 Å². The molecule has 3 heteroatoms. The number of nitrogens with zero attached hydrogens (tertiary/aromatic N) is 2. The molecular weight excluding hydrogens is 287 g/mol. The molecule has 0 unspecified atom stereocenters. The van der Waals surface area contributed by atoms with Crippen LogP contribution < -0.4 is 0 Å². The lowest BCUT2D eigenvalue weighted by Crippen LogP contribution is -1.99. The molecule has 0 aromatic carbocycles. The van der Waals surface area contributed by atoms with Gasteiger partial charge in [0.05, 0.1) is 17.4 Å². The third-order valence-corrected chi connectivity index (χ3v) is 2.41. The summed E-state index contributed by atoms with van der Waals surface area (Å²) in [6.07, 6.45) is 9.56. The van der Waals surface area contributed by atoms with Crippen molar-refractivity contribution in [3.8, 4) is 6.07 Å². The van der Waals surface area contributed by atoms with Gasteiger partial charge in [0.2, 0.25) is 0 Å². The van der Waals surface area contributed by atoms with E-state index in [9.17, 15) is 0 Å². The zero-order valence-corrected chi connectivity index (χ0v) is 9.89. The topological polar surface area (TPSA) is 36.1 Å². The normalized spacial score (nSPS) is 21.6. The summed E-state index contributed by atoms with van der Waals surface area (Å²) in [5.74, 6) is 0. The lowest BCUT2D eigenvalue weighted by atomic mass is 10.0. The number of hydrogen-bond donors (Lipinski definition) is 0. The fraction of sp³-hybridized carbons (Fsp3) is 0.0909. The highest BCUT2D eigenvalue weighted by molar-refractivity contribution is 14.1. The maximum atomic E-state index is 8.77. The van der Waals surface area contributed by atoms with Gasteiger partial charge in [-0.25, -0.2) is 0 Å². The Morgan fingerprint density at radius 1 is 1.50 bits per heavy atom. The van der Waals surface area contributed by atoms with Crippen molar-refractivity contribution in [2.75, 3.05) is 7.05 Å². The Morgan fingerprint density at radius 2 is 2.21 bits per heavy atom. The average Bonchev–Trinajstić information content (AvgIpc) is 2.26. The van der Waals surface area contributed by atoms with E-state index in [1.54, 1.807) is 11.1 Å². The van der Waals surface area contributed by atoms with Crippen LogP contribution in [0.4, 0.5) is 0 Å². The second-order valence-corrected chi connectivity index (χ2v) is 3.23. The fourth-order valence-corrected chi connectivity index (χ4v) is 1.39. The van der Waals surface area contributed by atoms with Crippen molar-refractivity contribution in [2.24, 2.45) is 4.99 Å². The molecule has 0 radical (unpaired) electrons. The minimum absolute atomic E-state index is 0.640. The van der Waals surface area contributed by atoms with Crippen LogP contribution >= 0.6 is 22.6 Å². The van der Waals surface area contributed by atoms with Gasteiger partial charge < -0.3 is 0 Å². The summed E-state index contributed by atoms with van der Waals surface area (Å²) >= 11 is 2.05. The van der Waals surface area contributed by atoms with Crippen molar-refractivity contribution in [1.82, 2.24) is 0 Å². The van der Waals surface area contributed by atoms with Gasteiger partial charge in [-0.2, -0.15) is 5.26 Å². The molecule has 0 aliphatic heterocycles. The Kier molecular flexibility index (Phi) is 4.33. The second kappa shape index (κ2) is 5.55. The van der Waals surface area contributed by atoms with E-state index in [0.717, 1.165) is 11.3 Å². The molecule has 0 saturated heterocycles. The van der Waals surface area contributed by atoms with Gasteiger partial charge in [0, 0.05) is 12.6 Å². The molecule has 0 atom stereocenters. The lowest BCUT2D eigenvalue weighted by Gasteiger charge is -2.04. The molecule has 1 aliphatic rings. The average molecular weight is 296 g/mol. The van der Waals surface area contributed by atoms with Crippen LogP contribution in [0.25, 0.3) is 0 Å². The van der Waals surface area contributed by atoms with E-state index in [0.29, 0.717) is 5.57 Å². The molecule has 2 nitrogen and oxygen atoms in total. The van der Waals surface area contributed by atoms with Crippen LogP contribution in [-0.2, 0) is 0 Å². The molecule has 0 heterocycles. The van der Waals surface area contributed by atoms with E-state index >= 15 is 0 Å². The quantitative estimate of drug-likeness (QED) is 0.541. The summed E-state index contributed by atoms with van der Waals surface area (Å²) in [7, 11) is 1.74. The molecule has 0 N–H and O–H groups in total. The summed E-state index contributed by atoms with van der Waals surface area (Å²) in [5, 5.41) is 8.77. The lowest BCUT2D eigenvalue weighted by molar-refractivity contribution is 1.43. The van der Waals surface area contributed by atoms with Crippen molar-refractivity contribution >= 4 is 28.3 Å². The van der Waals surface area contributed by atoms with Gasteiger partial charge in [0.15, 0.2) is 0 Å². The molecule has 0 fully saturated rings. The first-order valence-corrected chi connectivity index (χ1v) is 5.30. The maximum absolute atomic E-state index is 8.77. The number of nitriles is 1. The molecule has 14 heavy (non-hydrogen) atoms. The smallest absolute Gasteiger partial charge is 0.0996 e. The molecule has 0 amide bonds. The van der Waals surface area contributed by atoms with Crippen LogP contribution in [0.1, 0.15) is 0 Å². The van der Waals surface area contributed by atoms with Gasteiger partial charge >= 0.3 is 0 Å². The Bertz CT molecular complexity index is 403. The Balaban J connectivity index is 3.05. The summed E-state index contributed by atoms with van der Waals surface area (Å²) in [6.45, 7) is 0. The highest BCUT2D eigenvalue weighted by Crippen LogP contribution is 2.12. The van der Waals surface area contributed by atoms with Crippen molar-refractivity contribution in [1.29, 1.82) is 5.26 Å². The minimum Gasteiger partial charge on any atom is -0.288 e. The minimum atomic E-state index is 0.640. The molecule has 1 aliphatic carbocycles. The molecule has 0 aromatic heterocycles. The van der Waals surface area contributed by atoms with E-state index in [4.69, 9.17) is 5.26 Å². The zero-order valence-electron chi connectivity index (χ0n) is 7.74. The summed E-state index contributed by atoms with van der Waals surface area (Å²) in [5.41, 5.74) is 2.51. The summed E-state index contributed by atoms with van der Waals surface area (Å²) in [6, 6.07) is 2.11. The molecule has 70 valence electrons. The number of rotatable bonds is 1. The first-order chi connectivity index (χ1) is 6.81. The molecule has 0 spiro atoms. The van der Waals surface area contributed by atoms with E-state index in [2.05, 4.69) is 33.7 Å². The second-order valence-electron chi connectivity index (χ2n) is 2.60. The van der Waals surface area contributed by atoms with Crippen LogP contribution in [0.15, 0.2) is 50.6 Å². The van der Waals surface area contributed by atoms with Gasteiger partial charge in [0.1, 0.15) is 0 Å². The van der Waals surface area contributed by atoms with Gasteiger partial charge in [-0.05, 0) is 16.2 Å². The van der Waals surface area contributed by atoms with E-state index in [-0.39, 0.29) is 0 Å². The van der Waals surface area contributed by atoms with Gasteiger partial charge in [-0.3, -0.25) is 4.99 Å². The van der Waals surface area contributed by atoms with Gasteiger partial charge in [-0.15, -0.1) is 0 Å². The SMILES string of the molecule is CN=C1C=CC=C/C1=C/C(C#N)=C\I. The standard InChI is InChI=1S/C11H9IN2/c1-14-11-5-3-2-4-10(11)6-9(7-12)8-13/h2-7H,1H3/b9-7+,10-6-,14-11?. The predicted octanol–water partition coefficient (Wildman–Crippen LogP) is 2.95. The predicted molar refractivity (Wildman–Crippen MR) is 67.4 cm³/mol. The van der Waals surface area contributed by atoms with Crippen LogP contribution in [-0.4, -0.2) is 12.8 Å². The number of halogens is 1. The fourth-order valence-electron chi connectivity index (χ4n) is 1.07. The zero-order chi connectivity index (χ0) is 10.4.